The number of methoxy groups -OCH3 is 1. The van der Waals surface area contributed by atoms with Crippen molar-refractivity contribution in [3.63, 3.8) is 0 Å². The summed E-state index contributed by atoms with van der Waals surface area (Å²) < 4.78 is 36.0. The van der Waals surface area contributed by atoms with Crippen LogP contribution in [0.5, 0.6) is 5.75 Å². The molecular weight excluding hydrogens is 430 g/mol. The molecule has 1 aliphatic rings. The lowest BCUT2D eigenvalue weighted by molar-refractivity contribution is 0.413. The number of benzene rings is 1. The van der Waals surface area contributed by atoms with E-state index >= 15 is 0 Å². The molecule has 0 spiro atoms. The molecule has 0 atom stereocenters. The molecule has 1 aromatic heterocycles. The molecule has 0 amide bonds. The minimum atomic E-state index is -3.56. The highest BCUT2D eigenvalue weighted by atomic mass is 79.9. The largest absolute Gasteiger partial charge is 0.494 e. The van der Waals surface area contributed by atoms with Gasteiger partial charge in [0, 0.05) is 12.3 Å². The lowest BCUT2D eigenvalue weighted by atomic mass is 10.2. The minimum Gasteiger partial charge on any atom is -0.494 e. The Labute approximate surface area is 167 Å². The number of ether oxygens (including phenoxy) is 1. The Morgan fingerprint density at radius 1 is 1.37 bits per heavy atom. The molecule has 0 aliphatic heterocycles. The number of hydrogen-bond acceptors (Lipinski definition) is 4. The van der Waals surface area contributed by atoms with Crippen molar-refractivity contribution in [2.24, 2.45) is 0 Å². The van der Waals surface area contributed by atoms with E-state index in [0.717, 1.165) is 22.3 Å². The van der Waals surface area contributed by atoms with E-state index in [1.807, 2.05) is 35.9 Å². The van der Waals surface area contributed by atoms with Crippen molar-refractivity contribution in [1.82, 2.24) is 9.55 Å². The van der Waals surface area contributed by atoms with Gasteiger partial charge in [-0.2, -0.15) is 0 Å². The number of nitrogens with zero attached hydrogens (tertiary/aromatic N) is 2. The van der Waals surface area contributed by atoms with Crippen molar-refractivity contribution in [3.8, 4) is 11.4 Å². The van der Waals surface area contributed by atoms with Gasteiger partial charge in [-0.15, -0.1) is 0 Å². The van der Waals surface area contributed by atoms with Gasteiger partial charge >= 0.3 is 0 Å². The van der Waals surface area contributed by atoms with Crippen LogP contribution in [0.3, 0.4) is 0 Å². The fraction of sp³-hybridized carbons (Fsp3) is 0.211. The van der Waals surface area contributed by atoms with Gasteiger partial charge in [-0.3, -0.25) is 4.72 Å². The Hall–Kier alpha value is -2.32. The molecule has 27 heavy (non-hydrogen) atoms. The first-order valence-corrected chi connectivity index (χ1v) is 10.7. The summed E-state index contributed by atoms with van der Waals surface area (Å²) in [6, 6.07) is 5.16. The van der Waals surface area contributed by atoms with Gasteiger partial charge < -0.3 is 9.30 Å². The molecular formula is C19H20BrN3O3S. The minimum absolute atomic E-state index is 0.114. The third-order valence-corrected chi connectivity index (χ3v) is 5.71. The van der Waals surface area contributed by atoms with Crippen LogP contribution in [0, 0.1) is 6.92 Å². The second-order valence-electron chi connectivity index (χ2n) is 6.14. The molecule has 3 rings (SSSR count). The third-order valence-electron chi connectivity index (χ3n) is 3.90. The van der Waals surface area contributed by atoms with Gasteiger partial charge in [-0.25, -0.2) is 13.4 Å². The summed E-state index contributed by atoms with van der Waals surface area (Å²) in [5.74, 6) is 0.434. The zero-order chi connectivity index (χ0) is 19.4. The first-order chi connectivity index (χ1) is 12.9. The number of imidazole rings is 1. The Morgan fingerprint density at radius 3 is 2.89 bits per heavy atom. The lowest BCUT2D eigenvalue weighted by Crippen LogP contribution is -2.17. The maximum absolute atomic E-state index is 12.6. The van der Waals surface area contributed by atoms with Gasteiger partial charge in [0.05, 0.1) is 36.3 Å². The predicted octanol–water partition coefficient (Wildman–Crippen LogP) is 4.10. The number of sulfonamides is 1. The summed E-state index contributed by atoms with van der Waals surface area (Å²) in [6.45, 7) is 1.90. The van der Waals surface area contributed by atoms with Crippen LogP contribution in [0.4, 0.5) is 5.69 Å². The van der Waals surface area contributed by atoms with E-state index in [4.69, 9.17) is 4.74 Å². The van der Waals surface area contributed by atoms with Gasteiger partial charge in [-0.1, -0.05) is 34.2 Å². The Bertz CT molecular complexity index is 1040. The molecule has 1 N–H and O–H groups in total. The fourth-order valence-electron chi connectivity index (χ4n) is 2.71. The predicted molar refractivity (Wildman–Crippen MR) is 111 cm³/mol. The molecule has 142 valence electrons. The van der Waals surface area contributed by atoms with E-state index in [0.29, 0.717) is 17.0 Å². The van der Waals surface area contributed by atoms with Crippen LogP contribution in [-0.2, 0) is 10.0 Å². The fourth-order valence-corrected chi connectivity index (χ4v) is 4.37. The van der Waals surface area contributed by atoms with Gasteiger partial charge in [-0.05, 0) is 41.6 Å². The van der Waals surface area contributed by atoms with Crippen molar-refractivity contribution in [2.75, 3.05) is 17.6 Å². The number of nitrogens with one attached hydrogen (secondary N) is 1. The molecule has 2 aromatic rings. The zero-order valence-electron chi connectivity index (χ0n) is 15.0. The van der Waals surface area contributed by atoms with Crippen LogP contribution in [0.15, 0.2) is 65.1 Å². The summed E-state index contributed by atoms with van der Waals surface area (Å²) in [6.07, 6.45) is 11.8. The number of aryl methyl sites for hydroxylation is 1. The smallest absolute Gasteiger partial charge is 0.236 e. The second kappa shape index (κ2) is 8.14. The van der Waals surface area contributed by atoms with Crippen LogP contribution >= 0.6 is 15.9 Å². The molecule has 1 heterocycles. The Morgan fingerprint density at radius 2 is 2.19 bits per heavy atom. The van der Waals surface area contributed by atoms with Crippen molar-refractivity contribution >= 4 is 31.6 Å². The standard InChI is InChI=1S/C19H20BrN3O3S/c1-14-11-23(13-21-14)18-8-7-17(10-19(18)26-2)22-27(24,25)12-15-5-3-4-6-16(20)9-15/h3-5,7-11,13,22H,6,12H2,1-2H3. The molecule has 0 saturated heterocycles. The molecule has 0 unspecified atom stereocenters. The molecule has 0 fully saturated rings. The van der Waals surface area contributed by atoms with Crippen LogP contribution < -0.4 is 9.46 Å². The van der Waals surface area contributed by atoms with Crippen LogP contribution in [0.2, 0.25) is 0 Å². The van der Waals surface area contributed by atoms with Crippen LogP contribution in [0.25, 0.3) is 5.69 Å². The summed E-state index contributed by atoms with van der Waals surface area (Å²) in [5, 5.41) is 0. The first kappa shape index (κ1) is 19.4. The highest BCUT2D eigenvalue weighted by molar-refractivity contribution is 9.11. The number of hydrogen-bond donors (Lipinski definition) is 1. The molecule has 0 saturated carbocycles. The van der Waals surface area contributed by atoms with E-state index in [-0.39, 0.29) is 5.75 Å². The molecule has 6 nitrogen and oxygen atoms in total. The average Bonchev–Trinajstić information content (AvgIpc) is 2.93. The summed E-state index contributed by atoms with van der Waals surface area (Å²) in [5.41, 5.74) is 2.82. The van der Waals surface area contributed by atoms with E-state index in [1.165, 1.54) is 0 Å². The summed E-state index contributed by atoms with van der Waals surface area (Å²) in [4.78, 5) is 4.20. The van der Waals surface area contributed by atoms with E-state index < -0.39 is 10.0 Å². The molecule has 0 bridgehead atoms. The van der Waals surface area contributed by atoms with Crippen LogP contribution in [-0.4, -0.2) is 30.8 Å². The maximum atomic E-state index is 12.6. The number of allylic oxidation sites excluding steroid dienone is 5. The Kier molecular flexibility index (Phi) is 5.86. The number of aromatic nitrogens is 2. The van der Waals surface area contributed by atoms with Gasteiger partial charge in [0.1, 0.15) is 5.75 Å². The molecule has 1 aliphatic carbocycles. The van der Waals surface area contributed by atoms with E-state index in [9.17, 15) is 8.42 Å². The molecule has 8 heteroatoms. The quantitative estimate of drug-likeness (QED) is 0.720. The lowest BCUT2D eigenvalue weighted by Gasteiger charge is -2.13. The highest BCUT2D eigenvalue weighted by Crippen LogP contribution is 2.28. The van der Waals surface area contributed by atoms with Crippen molar-refractivity contribution in [2.45, 2.75) is 13.3 Å². The zero-order valence-corrected chi connectivity index (χ0v) is 17.4. The first-order valence-electron chi connectivity index (χ1n) is 8.27. The second-order valence-corrected chi connectivity index (χ2v) is 8.88. The van der Waals surface area contributed by atoms with E-state index in [2.05, 4.69) is 25.6 Å². The van der Waals surface area contributed by atoms with Crippen molar-refractivity contribution < 1.29 is 13.2 Å². The number of rotatable bonds is 6. The topological polar surface area (TPSA) is 73.2 Å². The average molecular weight is 450 g/mol. The molecule has 1 aromatic carbocycles. The van der Waals surface area contributed by atoms with Crippen molar-refractivity contribution in [3.05, 3.63) is 70.8 Å². The third kappa shape index (κ3) is 5.11. The number of halogens is 1. The number of anilines is 1. The normalized spacial score (nSPS) is 14.3. The summed E-state index contributed by atoms with van der Waals surface area (Å²) in [7, 11) is -2.02. The highest BCUT2D eigenvalue weighted by Gasteiger charge is 2.15. The van der Waals surface area contributed by atoms with Gasteiger partial charge in [0.2, 0.25) is 10.0 Å². The van der Waals surface area contributed by atoms with Crippen molar-refractivity contribution in [1.29, 1.82) is 0 Å². The maximum Gasteiger partial charge on any atom is 0.236 e. The van der Waals surface area contributed by atoms with Crippen LogP contribution in [0.1, 0.15) is 12.1 Å². The monoisotopic (exact) mass is 449 g/mol. The molecule has 0 radical (unpaired) electrons. The summed E-state index contributed by atoms with van der Waals surface area (Å²) >= 11 is 3.43. The van der Waals surface area contributed by atoms with Gasteiger partial charge in [0.15, 0.2) is 0 Å². The van der Waals surface area contributed by atoms with E-state index in [1.54, 1.807) is 37.7 Å². The van der Waals surface area contributed by atoms with Gasteiger partial charge in [0.25, 0.3) is 0 Å². The Balaban J connectivity index is 1.81. The SMILES string of the molecule is COc1cc(NS(=O)(=O)CC2=CC=CCC(Br)=C2)ccc1-n1cnc(C)c1.